The molecule has 0 saturated heterocycles. The number of nitrogens with zero attached hydrogens (tertiary/aromatic N) is 2. The van der Waals surface area contributed by atoms with Crippen molar-refractivity contribution in [2.45, 2.75) is 6.61 Å². The van der Waals surface area contributed by atoms with Gasteiger partial charge in [0, 0.05) is 12.1 Å². The molecule has 0 atom stereocenters. The predicted molar refractivity (Wildman–Crippen MR) is 111 cm³/mol. The second kappa shape index (κ2) is 9.17. The molecular formula is C23H16N2O5. The largest absolute Gasteiger partial charge is 0.489 e. The number of non-ortho nitro benzene ring substituents is 1. The van der Waals surface area contributed by atoms with Crippen LogP contribution in [0.4, 0.5) is 5.69 Å². The van der Waals surface area contributed by atoms with Crippen molar-refractivity contribution in [2.75, 3.05) is 0 Å². The molecule has 0 aromatic heterocycles. The molecule has 0 heterocycles. The van der Waals surface area contributed by atoms with Gasteiger partial charge in [-0.05, 0) is 47.0 Å². The number of hydrogen-bond acceptors (Lipinski definition) is 5. The molecule has 3 rings (SSSR count). The summed E-state index contributed by atoms with van der Waals surface area (Å²) < 4.78 is 5.70. The first-order chi connectivity index (χ1) is 14.5. The molecule has 0 aliphatic rings. The van der Waals surface area contributed by atoms with Gasteiger partial charge < -0.3 is 9.84 Å². The van der Waals surface area contributed by atoms with Gasteiger partial charge in [-0.1, -0.05) is 36.4 Å². The van der Waals surface area contributed by atoms with Gasteiger partial charge in [-0.25, -0.2) is 4.79 Å². The summed E-state index contributed by atoms with van der Waals surface area (Å²) in [4.78, 5) is 21.3. The number of hydrogen-bond donors (Lipinski definition) is 1. The number of carboxylic acid groups (broad SMARTS) is 1. The van der Waals surface area contributed by atoms with Crippen molar-refractivity contribution in [3.05, 3.63) is 105 Å². The van der Waals surface area contributed by atoms with Crippen LogP contribution >= 0.6 is 0 Å². The van der Waals surface area contributed by atoms with Crippen molar-refractivity contribution in [1.82, 2.24) is 0 Å². The minimum Gasteiger partial charge on any atom is -0.489 e. The van der Waals surface area contributed by atoms with Crippen LogP contribution in [0.25, 0.3) is 11.6 Å². The fraction of sp³-hybridized carbons (Fsp3) is 0.0435. The average molecular weight is 400 g/mol. The van der Waals surface area contributed by atoms with E-state index in [0.29, 0.717) is 16.9 Å². The Bertz CT molecular complexity index is 1140. The lowest BCUT2D eigenvalue weighted by Gasteiger charge is -2.07. The van der Waals surface area contributed by atoms with Crippen molar-refractivity contribution in [1.29, 1.82) is 5.26 Å². The third-order valence-electron chi connectivity index (χ3n) is 4.29. The second-order valence-corrected chi connectivity index (χ2v) is 6.34. The van der Waals surface area contributed by atoms with Gasteiger partial charge in [0.15, 0.2) is 0 Å². The Morgan fingerprint density at radius 3 is 2.37 bits per heavy atom. The van der Waals surface area contributed by atoms with Gasteiger partial charge in [0.1, 0.15) is 12.4 Å². The molecule has 7 nitrogen and oxygen atoms in total. The smallest absolute Gasteiger partial charge is 0.335 e. The van der Waals surface area contributed by atoms with Crippen LogP contribution in [0.2, 0.25) is 0 Å². The van der Waals surface area contributed by atoms with Gasteiger partial charge in [-0.15, -0.1) is 0 Å². The van der Waals surface area contributed by atoms with Gasteiger partial charge >= 0.3 is 5.97 Å². The Morgan fingerprint density at radius 2 is 1.77 bits per heavy atom. The van der Waals surface area contributed by atoms with Crippen LogP contribution < -0.4 is 4.74 Å². The Balaban J connectivity index is 1.70. The van der Waals surface area contributed by atoms with Gasteiger partial charge in [-0.2, -0.15) is 5.26 Å². The van der Waals surface area contributed by atoms with Crippen molar-refractivity contribution < 1.29 is 19.6 Å². The highest BCUT2D eigenvalue weighted by Gasteiger charge is 2.09. The highest BCUT2D eigenvalue weighted by Crippen LogP contribution is 2.23. The maximum absolute atomic E-state index is 10.9. The molecule has 7 heteroatoms. The molecule has 3 aromatic rings. The third kappa shape index (κ3) is 5.09. The number of allylic oxidation sites excluding steroid dienone is 1. The van der Waals surface area contributed by atoms with Gasteiger partial charge in [0.25, 0.3) is 5.69 Å². The topological polar surface area (TPSA) is 113 Å². The number of carboxylic acids is 1. The zero-order valence-corrected chi connectivity index (χ0v) is 15.7. The second-order valence-electron chi connectivity index (χ2n) is 6.34. The number of benzene rings is 3. The summed E-state index contributed by atoms with van der Waals surface area (Å²) in [7, 11) is 0. The minimum atomic E-state index is -0.979. The summed E-state index contributed by atoms with van der Waals surface area (Å²) in [6.45, 7) is 0.284. The van der Waals surface area contributed by atoms with E-state index >= 15 is 0 Å². The Kier molecular flexibility index (Phi) is 6.20. The SMILES string of the molecule is N#C/C(=C/c1ccc(OCc2ccc(C(=O)O)cc2)cc1)c1cccc([N+](=O)[O-])c1. The number of nitro benzene ring substituents is 1. The molecule has 148 valence electrons. The van der Waals surface area contributed by atoms with Crippen LogP contribution in [0.3, 0.4) is 0 Å². The lowest BCUT2D eigenvalue weighted by molar-refractivity contribution is -0.384. The summed E-state index contributed by atoms with van der Waals surface area (Å²) in [6, 6.07) is 21.5. The van der Waals surface area contributed by atoms with Crippen molar-refractivity contribution in [3.63, 3.8) is 0 Å². The summed E-state index contributed by atoms with van der Waals surface area (Å²) >= 11 is 0. The number of nitriles is 1. The number of ether oxygens (including phenoxy) is 1. The fourth-order valence-electron chi connectivity index (χ4n) is 2.70. The van der Waals surface area contributed by atoms with E-state index < -0.39 is 10.9 Å². The average Bonchev–Trinajstić information content (AvgIpc) is 2.77. The third-order valence-corrected chi connectivity index (χ3v) is 4.29. The van der Waals surface area contributed by atoms with E-state index in [1.54, 1.807) is 54.6 Å². The summed E-state index contributed by atoms with van der Waals surface area (Å²) in [5.41, 5.74) is 2.50. The van der Waals surface area contributed by atoms with E-state index in [0.717, 1.165) is 11.1 Å². The van der Waals surface area contributed by atoms with Gasteiger partial charge in [0.2, 0.25) is 0 Å². The first-order valence-electron chi connectivity index (χ1n) is 8.88. The normalized spacial score (nSPS) is 10.8. The van der Waals surface area contributed by atoms with Crippen LogP contribution in [-0.2, 0) is 6.61 Å². The number of nitro groups is 1. The van der Waals surface area contributed by atoms with Crippen molar-refractivity contribution in [2.24, 2.45) is 0 Å². The number of carbonyl (C=O) groups is 1. The molecule has 3 aromatic carbocycles. The Hall–Kier alpha value is -4.44. The molecule has 1 N–H and O–H groups in total. The number of rotatable bonds is 7. The molecule has 0 aliphatic carbocycles. The molecule has 30 heavy (non-hydrogen) atoms. The highest BCUT2D eigenvalue weighted by molar-refractivity contribution is 5.90. The van der Waals surface area contributed by atoms with Crippen LogP contribution in [-0.4, -0.2) is 16.0 Å². The van der Waals surface area contributed by atoms with E-state index in [4.69, 9.17) is 9.84 Å². The molecule has 0 aliphatic heterocycles. The lowest BCUT2D eigenvalue weighted by Crippen LogP contribution is -1.98. The first-order valence-corrected chi connectivity index (χ1v) is 8.88. The zero-order valence-electron chi connectivity index (χ0n) is 15.7. The molecule has 0 spiro atoms. The standard InChI is InChI=1S/C23H16N2O5/c24-14-20(19-2-1-3-21(13-19)25(28)29)12-16-6-10-22(11-7-16)30-15-17-4-8-18(9-5-17)23(26)27/h1-13H,15H2,(H,26,27)/b20-12-. The first kappa shape index (κ1) is 20.3. The van der Waals surface area contributed by atoms with E-state index in [-0.39, 0.29) is 17.9 Å². The molecule has 0 bridgehead atoms. The van der Waals surface area contributed by atoms with Crippen LogP contribution in [0.5, 0.6) is 5.75 Å². The molecular weight excluding hydrogens is 384 g/mol. The zero-order chi connectivity index (χ0) is 21.5. The fourth-order valence-corrected chi connectivity index (χ4v) is 2.70. The molecule has 0 unspecified atom stereocenters. The van der Waals surface area contributed by atoms with Crippen LogP contribution in [0.1, 0.15) is 27.0 Å². The van der Waals surface area contributed by atoms with E-state index in [1.807, 2.05) is 0 Å². The van der Waals surface area contributed by atoms with Crippen LogP contribution in [0.15, 0.2) is 72.8 Å². The minimum absolute atomic E-state index is 0.0752. The summed E-state index contributed by atoms with van der Waals surface area (Å²) in [5.74, 6) is -0.365. The summed E-state index contributed by atoms with van der Waals surface area (Å²) in [5, 5.41) is 29.3. The monoisotopic (exact) mass is 400 g/mol. The highest BCUT2D eigenvalue weighted by atomic mass is 16.6. The molecule has 0 radical (unpaired) electrons. The van der Waals surface area contributed by atoms with Gasteiger partial charge in [-0.3, -0.25) is 10.1 Å². The van der Waals surface area contributed by atoms with E-state index in [2.05, 4.69) is 6.07 Å². The van der Waals surface area contributed by atoms with E-state index in [9.17, 15) is 20.2 Å². The van der Waals surface area contributed by atoms with E-state index in [1.165, 1.54) is 24.3 Å². The van der Waals surface area contributed by atoms with Crippen molar-refractivity contribution >= 4 is 23.3 Å². The Morgan fingerprint density at radius 1 is 1.07 bits per heavy atom. The molecule has 0 amide bonds. The quantitative estimate of drug-likeness (QED) is 0.260. The maximum atomic E-state index is 10.9. The number of aromatic carboxylic acids is 1. The summed E-state index contributed by atoms with van der Waals surface area (Å²) in [6.07, 6.45) is 1.65. The lowest BCUT2D eigenvalue weighted by atomic mass is 10.0. The van der Waals surface area contributed by atoms with Crippen molar-refractivity contribution in [3.8, 4) is 11.8 Å². The predicted octanol–water partition coefficient (Wildman–Crippen LogP) is 4.94. The molecule has 0 saturated carbocycles. The molecule has 0 fully saturated rings. The van der Waals surface area contributed by atoms with Gasteiger partial charge in [0.05, 0.1) is 22.1 Å². The maximum Gasteiger partial charge on any atom is 0.335 e. The Labute approximate surface area is 172 Å². The van der Waals surface area contributed by atoms with Crippen LogP contribution in [0, 0.1) is 21.4 Å².